The van der Waals surface area contributed by atoms with Gasteiger partial charge in [-0.15, -0.1) is 21.5 Å². The molecule has 1 amide bonds. The van der Waals surface area contributed by atoms with Crippen LogP contribution in [-0.2, 0) is 9.53 Å². The molecular weight excluding hydrogens is 410 g/mol. The third-order valence-electron chi connectivity index (χ3n) is 4.92. The molecule has 1 saturated heterocycles. The van der Waals surface area contributed by atoms with Crippen molar-refractivity contribution < 1.29 is 14.3 Å². The third-order valence-corrected chi connectivity index (χ3v) is 7.00. The molecule has 0 atom stereocenters. The van der Waals surface area contributed by atoms with E-state index in [9.17, 15) is 9.59 Å². The van der Waals surface area contributed by atoms with Crippen molar-refractivity contribution in [1.29, 1.82) is 0 Å². The molecule has 0 bridgehead atoms. The maximum absolute atomic E-state index is 12.5. The van der Waals surface area contributed by atoms with E-state index in [0.29, 0.717) is 22.5 Å². The number of aromatic nitrogens is 3. The van der Waals surface area contributed by atoms with Gasteiger partial charge in [-0.05, 0) is 51.2 Å². The van der Waals surface area contributed by atoms with Gasteiger partial charge in [0.25, 0.3) is 0 Å². The SMILES string of the molecule is CCOC(=O)c1sc(NC(=O)CSc2nnc(N3CCCC3)n2C2CC2)cc1C. The number of carbonyl (C=O) groups is 2. The number of nitrogens with zero attached hydrogens (tertiary/aromatic N) is 4. The average Bonchev–Trinajstić information content (AvgIpc) is 3.08. The van der Waals surface area contributed by atoms with Gasteiger partial charge < -0.3 is 15.0 Å². The summed E-state index contributed by atoms with van der Waals surface area (Å²) in [5.41, 5.74) is 0.806. The molecule has 1 saturated carbocycles. The summed E-state index contributed by atoms with van der Waals surface area (Å²) in [5.74, 6) is 0.716. The first kappa shape index (κ1) is 20.2. The molecule has 0 spiro atoms. The zero-order valence-corrected chi connectivity index (χ0v) is 18.3. The maximum atomic E-state index is 12.5. The van der Waals surface area contributed by atoms with Crippen LogP contribution in [-0.4, -0.2) is 52.1 Å². The molecule has 1 aliphatic heterocycles. The number of hydrogen-bond acceptors (Lipinski definition) is 8. The molecule has 29 heavy (non-hydrogen) atoms. The number of amides is 1. The number of ether oxygens (including phenoxy) is 1. The molecule has 156 valence electrons. The summed E-state index contributed by atoms with van der Waals surface area (Å²) in [6.07, 6.45) is 4.67. The van der Waals surface area contributed by atoms with Crippen LogP contribution in [0.15, 0.2) is 11.2 Å². The molecule has 10 heteroatoms. The van der Waals surface area contributed by atoms with Crippen LogP contribution in [0, 0.1) is 6.92 Å². The first-order chi connectivity index (χ1) is 14.1. The lowest BCUT2D eigenvalue weighted by Gasteiger charge is -2.17. The van der Waals surface area contributed by atoms with E-state index in [4.69, 9.17) is 4.74 Å². The fraction of sp³-hybridized carbons (Fsp3) is 0.579. The number of anilines is 2. The summed E-state index contributed by atoms with van der Waals surface area (Å²) in [4.78, 5) is 27.2. The van der Waals surface area contributed by atoms with Crippen LogP contribution in [0.1, 0.15) is 53.9 Å². The largest absolute Gasteiger partial charge is 0.462 e. The fourth-order valence-corrected chi connectivity index (χ4v) is 5.18. The second-order valence-corrected chi connectivity index (χ2v) is 9.25. The van der Waals surface area contributed by atoms with E-state index in [1.54, 1.807) is 13.0 Å². The van der Waals surface area contributed by atoms with Crippen molar-refractivity contribution >= 4 is 45.9 Å². The number of nitrogens with one attached hydrogen (secondary N) is 1. The van der Waals surface area contributed by atoms with Crippen molar-refractivity contribution in [2.24, 2.45) is 0 Å². The van der Waals surface area contributed by atoms with Gasteiger partial charge in [0.1, 0.15) is 4.88 Å². The molecule has 4 rings (SSSR count). The van der Waals surface area contributed by atoms with Crippen LogP contribution < -0.4 is 10.2 Å². The van der Waals surface area contributed by atoms with Crippen LogP contribution in [0.2, 0.25) is 0 Å². The number of carbonyl (C=O) groups excluding carboxylic acids is 2. The van der Waals surface area contributed by atoms with Crippen molar-refractivity contribution in [3.8, 4) is 0 Å². The van der Waals surface area contributed by atoms with Gasteiger partial charge in [0.15, 0.2) is 5.16 Å². The van der Waals surface area contributed by atoms with Gasteiger partial charge in [-0.2, -0.15) is 0 Å². The van der Waals surface area contributed by atoms with E-state index in [0.717, 1.165) is 42.6 Å². The topological polar surface area (TPSA) is 89.3 Å². The first-order valence-electron chi connectivity index (χ1n) is 9.97. The molecule has 3 heterocycles. The Hall–Kier alpha value is -2.07. The van der Waals surface area contributed by atoms with Crippen molar-refractivity contribution in [3.63, 3.8) is 0 Å². The maximum Gasteiger partial charge on any atom is 0.348 e. The van der Waals surface area contributed by atoms with E-state index < -0.39 is 0 Å². The van der Waals surface area contributed by atoms with Crippen LogP contribution in [0.5, 0.6) is 0 Å². The lowest BCUT2D eigenvalue weighted by atomic mass is 10.3. The monoisotopic (exact) mass is 435 g/mol. The number of hydrogen-bond donors (Lipinski definition) is 1. The molecule has 0 radical (unpaired) electrons. The zero-order chi connectivity index (χ0) is 20.4. The first-order valence-corrected chi connectivity index (χ1v) is 11.8. The minimum atomic E-state index is -0.350. The summed E-state index contributed by atoms with van der Waals surface area (Å²) in [6.45, 7) is 5.99. The summed E-state index contributed by atoms with van der Waals surface area (Å²) in [5, 5.41) is 13.1. The lowest BCUT2D eigenvalue weighted by Crippen LogP contribution is -2.22. The predicted molar refractivity (Wildman–Crippen MR) is 114 cm³/mol. The zero-order valence-electron chi connectivity index (χ0n) is 16.6. The quantitative estimate of drug-likeness (QED) is 0.501. The molecule has 8 nitrogen and oxygen atoms in total. The van der Waals surface area contributed by atoms with E-state index in [1.807, 2.05) is 6.92 Å². The van der Waals surface area contributed by atoms with Crippen molar-refractivity contribution in [1.82, 2.24) is 14.8 Å². The summed E-state index contributed by atoms with van der Waals surface area (Å²) in [6, 6.07) is 2.26. The Balaban J connectivity index is 1.38. The minimum Gasteiger partial charge on any atom is -0.462 e. The molecule has 0 unspecified atom stereocenters. The Morgan fingerprint density at radius 2 is 2.07 bits per heavy atom. The molecule has 2 fully saturated rings. The van der Waals surface area contributed by atoms with Crippen LogP contribution in [0.4, 0.5) is 10.9 Å². The summed E-state index contributed by atoms with van der Waals surface area (Å²) in [7, 11) is 0. The van der Waals surface area contributed by atoms with Gasteiger partial charge in [0.2, 0.25) is 11.9 Å². The van der Waals surface area contributed by atoms with E-state index >= 15 is 0 Å². The summed E-state index contributed by atoms with van der Waals surface area (Å²) >= 11 is 2.65. The van der Waals surface area contributed by atoms with Gasteiger partial charge in [-0.3, -0.25) is 9.36 Å². The Morgan fingerprint density at radius 3 is 2.76 bits per heavy atom. The van der Waals surface area contributed by atoms with Gasteiger partial charge in [0, 0.05) is 19.1 Å². The fourth-order valence-electron chi connectivity index (χ4n) is 3.40. The van der Waals surface area contributed by atoms with Crippen LogP contribution >= 0.6 is 23.1 Å². The second-order valence-electron chi connectivity index (χ2n) is 7.26. The highest BCUT2D eigenvalue weighted by Crippen LogP contribution is 2.41. The molecule has 0 aromatic carbocycles. The number of rotatable bonds is 8. The van der Waals surface area contributed by atoms with Gasteiger partial charge >= 0.3 is 5.97 Å². The highest BCUT2D eigenvalue weighted by atomic mass is 32.2. The van der Waals surface area contributed by atoms with Gasteiger partial charge in [-0.25, -0.2) is 4.79 Å². The standard InChI is InChI=1S/C19H25N5O3S2/c1-3-27-17(26)16-12(2)10-15(29-16)20-14(25)11-28-19-22-21-18(23-8-4-5-9-23)24(19)13-6-7-13/h10,13H,3-9,11H2,1-2H3,(H,20,25). The number of aryl methyl sites for hydroxylation is 1. The smallest absolute Gasteiger partial charge is 0.348 e. The van der Waals surface area contributed by atoms with Crippen molar-refractivity contribution in [2.75, 3.05) is 35.7 Å². The minimum absolute atomic E-state index is 0.125. The second kappa shape index (κ2) is 8.74. The number of thioether (sulfide) groups is 1. The Kier molecular flexibility index (Phi) is 6.09. The van der Waals surface area contributed by atoms with E-state index in [2.05, 4.69) is 25.0 Å². The molecular formula is C19H25N5O3S2. The molecule has 2 aromatic rings. The molecule has 2 aromatic heterocycles. The normalized spacial score (nSPS) is 16.3. The Bertz CT molecular complexity index is 900. The van der Waals surface area contributed by atoms with Crippen LogP contribution in [0.25, 0.3) is 0 Å². The summed E-state index contributed by atoms with van der Waals surface area (Å²) < 4.78 is 7.26. The number of thiophene rings is 1. The van der Waals surface area contributed by atoms with Gasteiger partial charge in [-0.1, -0.05) is 11.8 Å². The van der Waals surface area contributed by atoms with Crippen molar-refractivity contribution in [2.45, 2.75) is 50.7 Å². The average molecular weight is 436 g/mol. The third kappa shape index (κ3) is 4.58. The predicted octanol–water partition coefficient (Wildman–Crippen LogP) is 3.49. The van der Waals surface area contributed by atoms with E-state index in [1.165, 1.54) is 35.9 Å². The Morgan fingerprint density at radius 1 is 1.31 bits per heavy atom. The van der Waals surface area contributed by atoms with Crippen LogP contribution in [0.3, 0.4) is 0 Å². The molecule has 1 aliphatic carbocycles. The molecule has 1 N–H and O–H groups in total. The number of esters is 1. The van der Waals surface area contributed by atoms with Gasteiger partial charge in [0.05, 0.1) is 17.4 Å². The highest BCUT2D eigenvalue weighted by Gasteiger charge is 2.32. The lowest BCUT2D eigenvalue weighted by molar-refractivity contribution is -0.113. The highest BCUT2D eigenvalue weighted by molar-refractivity contribution is 7.99. The van der Waals surface area contributed by atoms with E-state index in [-0.39, 0.29) is 17.6 Å². The molecule has 2 aliphatic rings. The van der Waals surface area contributed by atoms with Crippen molar-refractivity contribution in [3.05, 3.63) is 16.5 Å². The Labute approximate surface area is 178 Å².